The zero-order chi connectivity index (χ0) is 19.0. The fourth-order valence-corrected chi connectivity index (χ4v) is 4.06. The molecule has 0 aliphatic carbocycles. The standard InChI is InChI=1S/C20H29N5O2/c1-13-5-4-6-15-17(13)23-24-18(15)20(2,3)22-19(26)16-9-21-7-8-25(16)10-14-11-27-12-14/h4-6,14,16,21H,7-12H2,1-3H3,(H,22,26)(H,23,24). The van der Waals surface area contributed by atoms with E-state index in [-0.39, 0.29) is 11.9 Å². The van der Waals surface area contributed by atoms with E-state index in [1.807, 2.05) is 32.9 Å². The van der Waals surface area contributed by atoms with Crippen molar-refractivity contribution in [3.63, 3.8) is 0 Å². The monoisotopic (exact) mass is 371 g/mol. The van der Waals surface area contributed by atoms with E-state index in [4.69, 9.17) is 4.74 Å². The van der Waals surface area contributed by atoms with Crippen LogP contribution in [0.15, 0.2) is 18.2 Å². The van der Waals surface area contributed by atoms with Crippen LogP contribution in [0.2, 0.25) is 0 Å². The van der Waals surface area contributed by atoms with Gasteiger partial charge in [0.05, 0.1) is 30.0 Å². The number of benzene rings is 1. The van der Waals surface area contributed by atoms with Gasteiger partial charge in [-0.1, -0.05) is 18.2 Å². The van der Waals surface area contributed by atoms with E-state index >= 15 is 0 Å². The van der Waals surface area contributed by atoms with Crippen molar-refractivity contribution in [1.82, 2.24) is 25.7 Å². The van der Waals surface area contributed by atoms with Crippen LogP contribution in [0.5, 0.6) is 0 Å². The summed E-state index contributed by atoms with van der Waals surface area (Å²) in [6, 6.07) is 5.98. The number of ether oxygens (including phenoxy) is 1. The van der Waals surface area contributed by atoms with Gasteiger partial charge in [0.25, 0.3) is 0 Å². The molecule has 3 heterocycles. The molecule has 4 rings (SSSR count). The van der Waals surface area contributed by atoms with Crippen LogP contribution in [0.25, 0.3) is 10.9 Å². The molecule has 7 nitrogen and oxygen atoms in total. The van der Waals surface area contributed by atoms with Crippen LogP contribution in [-0.4, -0.2) is 66.4 Å². The van der Waals surface area contributed by atoms with Crippen molar-refractivity contribution in [2.45, 2.75) is 32.4 Å². The Labute approximate surface area is 159 Å². The minimum absolute atomic E-state index is 0.0582. The summed E-state index contributed by atoms with van der Waals surface area (Å²) in [5.74, 6) is 0.605. The van der Waals surface area contributed by atoms with Crippen LogP contribution in [-0.2, 0) is 15.1 Å². The Morgan fingerprint density at radius 1 is 1.41 bits per heavy atom. The number of rotatable bonds is 5. The van der Waals surface area contributed by atoms with Crippen molar-refractivity contribution >= 4 is 16.8 Å². The molecule has 7 heteroatoms. The van der Waals surface area contributed by atoms with Crippen LogP contribution in [0.1, 0.15) is 25.1 Å². The van der Waals surface area contributed by atoms with Gasteiger partial charge in [-0.15, -0.1) is 0 Å². The number of nitrogens with one attached hydrogen (secondary N) is 3. The third-order valence-corrected chi connectivity index (χ3v) is 5.70. The van der Waals surface area contributed by atoms with Crippen LogP contribution < -0.4 is 10.6 Å². The van der Waals surface area contributed by atoms with E-state index in [0.717, 1.165) is 55.0 Å². The van der Waals surface area contributed by atoms with Gasteiger partial charge in [0.2, 0.25) is 5.91 Å². The molecule has 2 fully saturated rings. The van der Waals surface area contributed by atoms with Crippen LogP contribution in [0.3, 0.4) is 0 Å². The second-order valence-corrected chi connectivity index (χ2v) is 8.30. The molecule has 1 aromatic carbocycles. The Hall–Kier alpha value is -1.96. The second-order valence-electron chi connectivity index (χ2n) is 8.30. The third kappa shape index (κ3) is 3.59. The van der Waals surface area contributed by atoms with Gasteiger partial charge < -0.3 is 15.4 Å². The molecule has 1 unspecified atom stereocenters. The molecule has 0 spiro atoms. The average molecular weight is 371 g/mol. The highest BCUT2D eigenvalue weighted by Crippen LogP contribution is 2.28. The van der Waals surface area contributed by atoms with E-state index in [0.29, 0.717) is 12.5 Å². The lowest BCUT2D eigenvalue weighted by atomic mass is 9.95. The zero-order valence-corrected chi connectivity index (χ0v) is 16.3. The molecule has 2 aliphatic heterocycles. The molecule has 0 saturated carbocycles. The number of amides is 1. The topological polar surface area (TPSA) is 82.3 Å². The first-order valence-corrected chi connectivity index (χ1v) is 9.74. The van der Waals surface area contributed by atoms with Gasteiger partial charge in [0, 0.05) is 37.5 Å². The molecule has 1 amide bonds. The number of carbonyl (C=O) groups is 1. The normalized spacial score (nSPS) is 22.0. The maximum Gasteiger partial charge on any atom is 0.239 e. The summed E-state index contributed by atoms with van der Waals surface area (Å²) >= 11 is 0. The lowest BCUT2D eigenvalue weighted by molar-refractivity contribution is -0.130. The SMILES string of the molecule is Cc1cccc2c(C(C)(C)NC(=O)C3CNCCN3CC3COC3)[nH]nc12. The fourth-order valence-electron chi connectivity index (χ4n) is 4.06. The Kier molecular flexibility index (Phi) is 4.92. The van der Waals surface area contributed by atoms with E-state index < -0.39 is 5.54 Å². The number of aryl methyl sites for hydroxylation is 1. The van der Waals surface area contributed by atoms with E-state index in [9.17, 15) is 4.79 Å². The van der Waals surface area contributed by atoms with Crippen molar-refractivity contribution in [2.75, 3.05) is 39.4 Å². The molecule has 1 aromatic heterocycles. The summed E-state index contributed by atoms with van der Waals surface area (Å²) < 4.78 is 5.30. The average Bonchev–Trinajstić information content (AvgIpc) is 3.04. The summed E-state index contributed by atoms with van der Waals surface area (Å²) in [5.41, 5.74) is 2.49. The highest BCUT2D eigenvalue weighted by Gasteiger charge is 2.35. The number of aromatic nitrogens is 2. The van der Waals surface area contributed by atoms with E-state index in [2.05, 4.69) is 31.8 Å². The van der Waals surface area contributed by atoms with Gasteiger partial charge in [-0.3, -0.25) is 14.8 Å². The van der Waals surface area contributed by atoms with Crippen molar-refractivity contribution < 1.29 is 9.53 Å². The second kappa shape index (κ2) is 7.22. The molecule has 2 aromatic rings. The Balaban J connectivity index is 1.51. The quantitative estimate of drug-likeness (QED) is 0.734. The summed E-state index contributed by atoms with van der Waals surface area (Å²) in [5, 5.41) is 15.3. The number of para-hydroxylation sites is 1. The van der Waals surface area contributed by atoms with Crippen molar-refractivity contribution in [2.24, 2.45) is 5.92 Å². The van der Waals surface area contributed by atoms with Gasteiger partial charge in [0.15, 0.2) is 0 Å². The van der Waals surface area contributed by atoms with E-state index in [1.54, 1.807) is 0 Å². The third-order valence-electron chi connectivity index (χ3n) is 5.70. The maximum absolute atomic E-state index is 13.2. The van der Waals surface area contributed by atoms with E-state index in [1.165, 1.54) is 0 Å². The smallest absolute Gasteiger partial charge is 0.239 e. The number of piperazine rings is 1. The molecular formula is C20H29N5O2. The molecule has 2 aliphatic rings. The first-order chi connectivity index (χ1) is 13.0. The number of hydrogen-bond acceptors (Lipinski definition) is 5. The van der Waals surface area contributed by atoms with Gasteiger partial charge in [-0.25, -0.2) is 0 Å². The van der Waals surface area contributed by atoms with Crippen molar-refractivity contribution in [1.29, 1.82) is 0 Å². The van der Waals surface area contributed by atoms with Crippen LogP contribution in [0, 0.1) is 12.8 Å². The Bertz CT molecular complexity index is 827. The molecule has 1 atom stereocenters. The summed E-state index contributed by atoms with van der Waals surface area (Å²) in [4.78, 5) is 15.4. The largest absolute Gasteiger partial charge is 0.381 e. The lowest BCUT2D eigenvalue weighted by Gasteiger charge is -2.40. The van der Waals surface area contributed by atoms with Crippen LogP contribution >= 0.6 is 0 Å². The van der Waals surface area contributed by atoms with Crippen molar-refractivity contribution in [3.8, 4) is 0 Å². The molecule has 0 bridgehead atoms. The molecule has 27 heavy (non-hydrogen) atoms. The van der Waals surface area contributed by atoms with Gasteiger partial charge in [-0.2, -0.15) is 5.10 Å². The predicted molar refractivity (Wildman–Crippen MR) is 105 cm³/mol. The number of fused-ring (bicyclic) bond motifs is 1. The highest BCUT2D eigenvalue weighted by atomic mass is 16.5. The first-order valence-electron chi connectivity index (χ1n) is 9.74. The minimum Gasteiger partial charge on any atom is -0.381 e. The zero-order valence-electron chi connectivity index (χ0n) is 16.3. The first kappa shape index (κ1) is 18.4. The molecule has 0 radical (unpaired) electrons. The summed E-state index contributed by atoms with van der Waals surface area (Å²) in [6.45, 7) is 11.1. The Morgan fingerprint density at radius 3 is 2.96 bits per heavy atom. The predicted octanol–water partition coefficient (Wildman–Crippen LogP) is 1.14. The van der Waals surface area contributed by atoms with Gasteiger partial charge in [0.1, 0.15) is 6.04 Å². The molecule has 2 saturated heterocycles. The lowest BCUT2D eigenvalue weighted by Crippen LogP contribution is -2.61. The highest BCUT2D eigenvalue weighted by molar-refractivity contribution is 5.87. The number of nitrogens with zero attached hydrogens (tertiary/aromatic N) is 2. The maximum atomic E-state index is 13.2. The number of carbonyl (C=O) groups excluding carboxylic acids is 1. The number of hydrogen-bond donors (Lipinski definition) is 3. The number of H-pyrrole nitrogens is 1. The van der Waals surface area contributed by atoms with Gasteiger partial charge in [-0.05, 0) is 26.3 Å². The number of aromatic amines is 1. The van der Waals surface area contributed by atoms with Crippen molar-refractivity contribution in [3.05, 3.63) is 29.5 Å². The minimum atomic E-state index is -0.539. The summed E-state index contributed by atoms with van der Waals surface area (Å²) in [7, 11) is 0. The Morgan fingerprint density at radius 2 is 2.22 bits per heavy atom. The molecule has 3 N–H and O–H groups in total. The fraction of sp³-hybridized carbons (Fsp3) is 0.600. The molecule has 146 valence electrons. The van der Waals surface area contributed by atoms with Crippen LogP contribution in [0.4, 0.5) is 0 Å². The van der Waals surface area contributed by atoms with Gasteiger partial charge >= 0.3 is 0 Å². The summed E-state index contributed by atoms with van der Waals surface area (Å²) in [6.07, 6.45) is 0. The molecular weight excluding hydrogens is 342 g/mol.